The fourth-order valence-electron chi connectivity index (χ4n) is 5.03. The molecular formula is C34H24ClN9Na2O7S2. The van der Waals surface area contributed by atoms with Gasteiger partial charge in [0.1, 0.15) is 26.4 Å². The second kappa shape index (κ2) is 17.7. The fourth-order valence-corrected chi connectivity index (χ4v) is 6.50. The molecule has 0 unspecified atom stereocenters. The number of azo groups is 3. The molecule has 6 rings (SSSR count). The number of anilines is 3. The molecule has 21 heteroatoms. The average molecular weight is 816 g/mol. The van der Waals surface area contributed by atoms with Gasteiger partial charge in [0, 0.05) is 5.39 Å². The maximum absolute atomic E-state index is 13.6. The van der Waals surface area contributed by atoms with Crippen LogP contribution < -0.4 is 81.4 Å². The number of rotatable bonds is 9. The van der Waals surface area contributed by atoms with E-state index in [0.717, 1.165) is 23.3 Å². The molecule has 16 nitrogen and oxygen atoms in total. The van der Waals surface area contributed by atoms with Crippen LogP contribution in [0, 0.1) is 0 Å². The van der Waals surface area contributed by atoms with E-state index in [0.29, 0.717) is 27.8 Å². The average Bonchev–Trinajstić information content (AvgIpc) is 3.11. The first-order chi connectivity index (χ1) is 25.1. The van der Waals surface area contributed by atoms with E-state index < -0.39 is 58.2 Å². The summed E-state index contributed by atoms with van der Waals surface area (Å²) >= 11 is 6.05. The zero-order valence-corrected chi connectivity index (χ0v) is 35.2. The van der Waals surface area contributed by atoms with Crippen LogP contribution in [0.4, 0.5) is 51.2 Å². The van der Waals surface area contributed by atoms with Crippen LogP contribution in [0.5, 0.6) is 5.75 Å². The van der Waals surface area contributed by atoms with Crippen LogP contribution in [0.1, 0.15) is 0 Å². The molecule has 0 atom stereocenters. The topological polar surface area (TPSA) is 287 Å². The molecule has 0 aliphatic heterocycles. The second-order valence-corrected chi connectivity index (χ2v) is 14.3. The molecular weight excluding hydrogens is 792 g/mol. The Labute approximate surface area is 363 Å². The number of fused-ring (bicyclic) bond motifs is 1. The van der Waals surface area contributed by atoms with Crippen molar-refractivity contribution in [3.63, 3.8) is 0 Å². The third-order valence-corrected chi connectivity index (χ3v) is 9.66. The molecule has 0 amide bonds. The Hall–Kier alpha value is -4.31. The minimum Gasteiger partial charge on any atom is -0.870 e. The Bertz CT molecular complexity index is 2720. The second-order valence-electron chi connectivity index (χ2n) is 11.2. The molecule has 6 aromatic carbocycles. The number of hydrogen-bond acceptors (Lipinski definition) is 15. The van der Waals surface area contributed by atoms with Gasteiger partial charge in [-0.15, -0.1) is 15.3 Å². The van der Waals surface area contributed by atoms with E-state index in [1.165, 1.54) is 24.3 Å². The summed E-state index contributed by atoms with van der Waals surface area (Å²) in [5.74, 6) is -1.13. The largest absolute Gasteiger partial charge is 1.00 e. The van der Waals surface area contributed by atoms with Crippen molar-refractivity contribution in [2.45, 2.75) is 9.79 Å². The molecule has 7 N–H and O–H groups in total. The quantitative estimate of drug-likeness (QED) is 0.0715. The molecule has 0 radical (unpaired) electrons. The summed E-state index contributed by atoms with van der Waals surface area (Å²) in [6.07, 6.45) is 0. The van der Waals surface area contributed by atoms with Gasteiger partial charge in [0.05, 0.1) is 49.7 Å². The van der Waals surface area contributed by atoms with Gasteiger partial charge in [-0.05, 0) is 77.2 Å². The van der Waals surface area contributed by atoms with E-state index in [4.69, 9.17) is 28.8 Å². The molecule has 55 heavy (non-hydrogen) atoms. The van der Waals surface area contributed by atoms with E-state index in [1.807, 2.05) is 0 Å². The Balaban J connectivity index is 0.00000336. The molecule has 6 aromatic rings. The first kappa shape index (κ1) is 43.4. The number of benzene rings is 6. The van der Waals surface area contributed by atoms with Gasteiger partial charge < -0.3 is 26.9 Å². The van der Waals surface area contributed by atoms with Crippen LogP contribution in [-0.2, 0) is 20.2 Å². The zero-order chi connectivity index (χ0) is 38.1. The van der Waals surface area contributed by atoms with Crippen LogP contribution in [0.25, 0.3) is 21.9 Å². The maximum Gasteiger partial charge on any atom is 1.00 e. The van der Waals surface area contributed by atoms with Crippen molar-refractivity contribution in [1.82, 2.24) is 0 Å². The minimum absolute atomic E-state index is 0. The van der Waals surface area contributed by atoms with Gasteiger partial charge in [-0.2, -0.15) is 23.8 Å². The molecule has 0 saturated heterocycles. The fraction of sp³-hybridized carbons (Fsp3) is 0. The van der Waals surface area contributed by atoms with E-state index >= 15 is 0 Å². The molecule has 268 valence electrons. The van der Waals surface area contributed by atoms with Gasteiger partial charge in [-0.1, -0.05) is 59.8 Å². The van der Waals surface area contributed by atoms with Gasteiger partial charge in [-0.3, -0.25) is 4.55 Å². The first-order valence-corrected chi connectivity index (χ1v) is 18.2. The van der Waals surface area contributed by atoms with E-state index in [2.05, 4.69) is 30.7 Å². The molecule has 0 aliphatic carbocycles. The number of halogens is 1. The molecule has 0 fully saturated rings. The molecule has 0 aliphatic rings. The minimum atomic E-state index is -5.31. The van der Waals surface area contributed by atoms with Crippen LogP contribution in [0.15, 0.2) is 144 Å². The summed E-state index contributed by atoms with van der Waals surface area (Å²) in [6.45, 7) is 0. The molecule has 0 heterocycles. The SMILES string of the molecule is Nc1cc(N)c(N=Nc2ccc(-c3ccc(N=Nc4c(S(=O)(=O)[O-])cc5cc(S(=O)(=O)O)c(N=Nc6ccccc6)c([O-])c5c4N)cc3)cc2)cc1Cl.[Na+].[Na+]. The van der Waals surface area contributed by atoms with Gasteiger partial charge in [0.25, 0.3) is 10.1 Å². The van der Waals surface area contributed by atoms with Gasteiger partial charge in [-0.25, -0.2) is 8.42 Å². The van der Waals surface area contributed by atoms with Gasteiger partial charge >= 0.3 is 59.1 Å². The van der Waals surface area contributed by atoms with Crippen molar-refractivity contribution in [3.05, 3.63) is 108 Å². The maximum atomic E-state index is 13.6. The molecule has 0 aromatic heterocycles. The monoisotopic (exact) mass is 815 g/mol. The smallest absolute Gasteiger partial charge is 0.870 e. The van der Waals surface area contributed by atoms with Crippen molar-refractivity contribution in [2.24, 2.45) is 30.7 Å². The Morgan fingerprint density at radius 3 is 1.62 bits per heavy atom. The standard InChI is InChI=1S/C34H26ClN9O7S2.2Na/c35-24-16-27(26(37)17-25(24)36)42-39-22-10-6-18(7-11-22)19-8-12-23(13-9-19)41-43-32-28(52(46,47)48)14-20-15-29(53(49,50)51)33(34(45)30(20)31(32)38)44-40-21-4-2-1-3-5-21;;/h1-17,45H,36-38H2,(H,46,47,48)(H,49,50,51);;/q;2*+1/p-2. The van der Waals surface area contributed by atoms with E-state index in [1.54, 1.807) is 66.7 Å². The first-order valence-electron chi connectivity index (χ1n) is 15.0. The van der Waals surface area contributed by atoms with Crippen molar-refractivity contribution < 1.29 is 90.2 Å². The van der Waals surface area contributed by atoms with Gasteiger partial charge in [0.2, 0.25) is 0 Å². The van der Waals surface area contributed by atoms with Crippen LogP contribution in [-0.4, -0.2) is 25.9 Å². The predicted molar refractivity (Wildman–Crippen MR) is 197 cm³/mol. The summed E-state index contributed by atoms with van der Waals surface area (Å²) in [5, 5.41) is 37.0. The number of nitrogen functional groups attached to an aromatic ring is 3. The number of nitrogens with two attached hydrogens (primary N) is 3. The Morgan fingerprint density at radius 1 is 0.600 bits per heavy atom. The van der Waals surface area contributed by atoms with Crippen molar-refractivity contribution in [1.29, 1.82) is 0 Å². The van der Waals surface area contributed by atoms with Crippen molar-refractivity contribution in [3.8, 4) is 16.9 Å². The van der Waals surface area contributed by atoms with Crippen molar-refractivity contribution in [2.75, 3.05) is 17.2 Å². The Morgan fingerprint density at radius 2 is 1.09 bits per heavy atom. The normalized spacial score (nSPS) is 12.0. The van der Waals surface area contributed by atoms with Crippen LogP contribution in [0.3, 0.4) is 0 Å². The van der Waals surface area contributed by atoms with Crippen molar-refractivity contribution >= 4 is 93.8 Å². The molecule has 0 saturated carbocycles. The number of nitrogens with zero attached hydrogens (tertiary/aromatic N) is 6. The van der Waals surface area contributed by atoms with Crippen LogP contribution >= 0.6 is 11.6 Å². The van der Waals surface area contributed by atoms with Gasteiger partial charge in [0.15, 0.2) is 0 Å². The molecule has 0 bridgehead atoms. The summed E-state index contributed by atoms with van der Waals surface area (Å²) in [5.41, 5.74) is 19.4. The third kappa shape index (κ3) is 9.93. The summed E-state index contributed by atoms with van der Waals surface area (Å²) in [4.78, 5) is -1.97. The van der Waals surface area contributed by atoms with Crippen LogP contribution in [0.2, 0.25) is 5.02 Å². The third-order valence-electron chi connectivity index (χ3n) is 7.62. The zero-order valence-electron chi connectivity index (χ0n) is 28.8. The summed E-state index contributed by atoms with van der Waals surface area (Å²) < 4.78 is 71.3. The van der Waals surface area contributed by atoms with E-state index in [9.17, 15) is 31.0 Å². The molecule has 0 spiro atoms. The van der Waals surface area contributed by atoms with E-state index in [-0.39, 0.29) is 75.9 Å². The summed E-state index contributed by atoms with van der Waals surface area (Å²) in [7, 11) is -10.4. The number of hydrogen-bond donors (Lipinski definition) is 4. The summed E-state index contributed by atoms with van der Waals surface area (Å²) in [6, 6.07) is 26.0. The Kier molecular flexibility index (Phi) is 13.9. The predicted octanol–water partition coefficient (Wildman–Crippen LogP) is 2.39.